The van der Waals surface area contributed by atoms with Gasteiger partial charge in [0.1, 0.15) is 0 Å². The van der Waals surface area contributed by atoms with Crippen LogP contribution in [0.2, 0.25) is 0 Å². The molecule has 0 aliphatic carbocycles. The smallest absolute Gasteiger partial charge is 0.246 e. The Balaban J connectivity index is 2.34. The molecule has 1 aromatic rings. The summed E-state index contributed by atoms with van der Waals surface area (Å²) in [6, 6.07) is 7.18. The number of hydrogen-bond donors (Lipinski definition) is 0. The number of rotatable bonds is 1. The number of halogens is 1. The lowest BCUT2D eigenvalue weighted by Crippen LogP contribution is -2.46. The third kappa shape index (κ3) is 2.15. The van der Waals surface area contributed by atoms with Gasteiger partial charge in [-0.15, -0.1) is 11.8 Å². The monoisotopic (exact) mass is 299 g/mol. The molecule has 0 radical (unpaired) electrons. The fourth-order valence-electron chi connectivity index (χ4n) is 1.50. The first-order valence-electron chi connectivity index (χ1n) is 4.83. The zero-order valence-electron chi connectivity index (χ0n) is 8.64. The molecule has 1 heterocycles. The second kappa shape index (κ2) is 4.59. The molecular weight excluding hydrogens is 290 g/mol. The van der Waals surface area contributed by atoms with E-state index >= 15 is 0 Å². The zero-order chi connectivity index (χ0) is 11.7. The lowest BCUT2D eigenvalue weighted by Gasteiger charge is -2.28. The first-order chi connectivity index (χ1) is 7.59. The summed E-state index contributed by atoms with van der Waals surface area (Å²) >= 11 is 4.70. The summed E-state index contributed by atoms with van der Waals surface area (Å²) in [6.45, 7) is 1.82. The minimum absolute atomic E-state index is 0.136. The molecule has 1 aromatic carbocycles. The molecule has 1 saturated heterocycles. The maximum Gasteiger partial charge on any atom is 0.246 e. The molecule has 0 aromatic heterocycles. The average Bonchev–Trinajstić information content (AvgIpc) is 2.27. The van der Waals surface area contributed by atoms with Gasteiger partial charge in [0, 0.05) is 4.47 Å². The first-order valence-corrected chi connectivity index (χ1v) is 6.68. The van der Waals surface area contributed by atoms with Crippen molar-refractivity contribution in [3.05, 3.63) is 28.7 Å². The van der Waals surface area contributed by atoms with Gasteiger partial charge in [0.05, 0.1) is 16.7 Å². The van der Waals surface area contributed by atoms with Crippen molar-refractivity contribution in [3.8, 4) is 0 Å². The molecule has 5 heteroatoms. The van der Waals surface area contributed by atoms with E-state index in [9.17, 15) is 9.59 Å². The summed E-state index contributed by atoms with van der Waals surface area (Å²) in [5, 5.41) is -0.152. The Morgan fingerprint density at radius 3 is 2.56 bits per heavy atom. The highest BCUT2D eigenvalue weighted by Gasteiger charge is 2.33. The molecule has 0 bridgehead atoms. The van der Waals surface area contributed by atoms with Crippen molar-refractivity contribution in [2.75, 3.05) is 10.7 Å². The third-order valence-electron chi connectivity index (χ3n) is 2.36. The maximum absolute atomic E-state index is 11.9. The average molecular weight is 300 g/mol. The number of anilines is 1. The highest BCUT2D eigenvalue weighted by Crippen LogP contribution is 2.26. The van der Waals surface area contributed by atoms with E-state index in [2.05, 4.69) is 15.9 Å². The molecular formula is C11H10BrNO2S. The zero-order valence-corrected chi connectivity index (χ0v) is 11.0. The van der Waals surface area contributed by atoms with Gasteiger partial charge in [-0.05, 0) is 31.2 Å². The highest BCUT2D eigenvalue weighted by molar-refractivity contribution is 9.10. The lowest BCUT2D eigenvalue weighted by molar-refractivity contribution is -0.125. The van der Waals surface area contributed by atoms with Crippen LogP contribution < -0.4 is 4.90 Å². The summed E-state index contributed by atoms with van der Waals surface area (Å²) in [7, 11) is 0. The predicted molar refractivity (Wildman–Crippen MR) is 68.6 cm³/mol. The van der Waals surface area contributed by atoms with Crippen LogP contribution in [-0.4, -0.2) is 22.8 Å². The van der Waals surface area contributed by atoms with Gasteiger partial charge in [-0.3, -0.25) is 9.59 Å². The number of benzene rings is 1. The Morgan fingerprint density at radius 2 is 1.94 bits per heavy atom. The highest BCUT2D eigenvalue weighted by atomic mass is 79.9. The van der Waals surface area contributed by atoms with Crippen molar-refractivity contribution in [3.63, 3.8) is 0 Å². The Hall–Kier alpha value is -0.810. The molecule has 1 fully saturated rings. The topological polar surface area (TPSA) is 37.4 Å². The quantitative estimate of drug-likeness (QED) is 0.748. The fourth-order valence-corrected chi connectivity index (χ4v) is 2.53. The molecule has 3 nitrogen and oxygen atoms in total. The van der Waals surface area contributed by atoms with Crippen molar-refractivity contribution in [1.29, 1.82) is 0 Å². The van der Waals surface area contributed by atoms with Gasteiger partial charge < -0.3 is 0 Å². The first kappa shape index (κ1) is 11.7. The molecule has 0 saturated carbocycles. The number of imide groups is 1. The van der Waals surface area contributed by atoms with Crippen LogP contribution in [0.5, 0.6) is 0 Å². The van der Waals surface area contributed by atoms with Gasteiger partial charge in [-0.2, -0.15) is 0 Å². The van der Waals surface area contributed by atoms with Crippen molar-refractivity contribution >= 4 is 45.2 Å². The second-order valence-corrected chi connectivity index (χ2v) is 5.74. The van der Waals surface area contributed by atoms with Gasteiger partial charge >= 0.3 is 0 Å². The van der Waals surface area contributed by atoms with Crippen LogP contribution in [0.15, 0.2) is 28.7 Å². The number of amides is 2. The number of hydrogen-bond acceptors (Lipinski definition) is 3. The van der Waals surface area contributed by atoms with E-state index in [0.29, 0.717) is 11.4 Å². The summed E-state index contributed by atoms with van der Waals surface area (Å²) in [4.78, 5) is 24.9. The van der Waals surface area contributed by atoms with E-state index in [1.807, 2.05) is 19.1 Å². The molecule has 2 rings (SSSR count). The summed E-state index contributed by atoms with van der Waals surface area (Å²) in [6.07, 6.45) is 0. The van der Waals surface area contributed by atoms with Crippen molar-refractivity contribution in [2.45, 2.75) is 12.2 Å². The van der Waals surface area contributed by atoms with Crippen LogP contribution >= 0.6 is 27.7 Å². The number of carbonyl (C=O) groups excluding carboxylic acids is 2. The molecule has 16 heavy (non-hydrogen) atoms. The molecule has 2 amide bonds. The van der Waals surface area contributed by atoms with Crippen LogP contribution in [0, 0.1) is 0 Å². The standard InChI is InChI=1S/C11H10BrNO2S/c1-7-11(15)13(10(14)6-16-7)9-4-2-8(12)3-5-9/h2-5,7H,6H2,1H3/t7-/m0/s1. The molecule has 1 aliphatic heterocycles. The molecule has 1 aliphatic rings. The van der Waals surface area contributed by atoms with Gasteiger partial charge in [0.2, 0.25) is 11.8 Å². The number of carbonyl (C=O) groups is 2. The molecule has 1 atom stereocenters. The molecule has 84 valence electrons. The van der Waals surface area contributed by atoms with Crippen LogP contribution in [0.3, 0.4) is 0 Å². The molecule has 0 N–H and O–H groups in total. The summed E-state index contributed by atoms with van der Waals surface area (Å²) in [5.41, 5.74) is 0.644. The minimum Gasteiger partial charge on any atom is -0.273 e. The fraction of sp³-hybridized carbons (Fsp3) is 0.273. The third-order valence-corrected chi connectivity index (χ3v) is 4.00. The Labute approximate surface area is 106 Å². The lowest BCUT2D eigenvalue weighted by atomic mass is 10.2. The van der Waals surface area contributed by atoms with Crippen LogP contribution in [0.1, 0.15) is 6.92 Å². The van der Waals surface area contributed by atoms with Crippen molar-refractivity contribution in [1.82, 2.24) is 0 Å². The largest absolute Gasteiger partial charge is 0.273 e. The maximum atomic E-state index is 11.9. The van der Waals surface area contributed by atoms with Crippen molar-refractivity contribution in [2.24, 2.45) is 0 Å². The summed E-state index contributed by atoms with van der Waals surface area (Å²) < 4.78 is 0.926. The van der Waals surface area contributed by atoms with Crippen molar-refractivity contribution < 1.29 is 9.59 Å². The minimum atomic E-state index is -0.152. The SMILES string of the molecule is C[C@@H]1SCC(=O)N(c2ccc(Br)cc2)C1=O. The molecule has 0 unspecified atom stereocenters. The van der Waals surface area contributed by atoms with E-state index in [1.54, 1.807) is 12.1 Å². The Kier molecular flexibility index (Phi) is 3.35. The Bertz CT molecular complexity index is 432. The van der Waals surface area contributed by atoms with E-state index in [-0.39, 0.29) is 17.1 Å². The van der Waals surface area contributed by atoms with E-state index in [4.69, 9.17) is 0 Å². The van der Waals surface area contributed by atoms with E-state index in [0.717, 1.165) is 4.47 Å². The Morgan fingerprint density at radius 1 is 1.31 bits per heavy atom. The van der Waals surface area contributed by atoms with Crippen LogP contribution in [0.25, 0.3) is 0 Å². The number of nitrogens with zero attached hydrogens (tertiary/aromatic N) is 1. The van der Waals surface area contributed by atoms with Crippen LogP contribution in [-0.2, 0) is 9.59 Å². The molecule has 0 spiro atoms. The van der Waals surface area contributed by atoms with E-state index in [1.165, 1.54) is 16.7 Å². The summed E-state index contributed by atoms with van der Waals surface area (Å²) in [5.74, 6) is 0.0853. The van der Waals surface area contributed by atoms with Gasteiger partial charge in [-0.25, -0.2) is 4.90 Å². The van der Waals surface area contributed by atoms with Gasteiger partial charge in [-0.1, -0.05) is 15.9 Å². The predicted octanol–water partition coefficient (Wildman–Crippen LogP) is 2.44. The van der Waals surface area contributed by atoms with Gasteiger partial charge in [0.15, 0.2) is 0 Å². The second-order valence-electron chi connectivity index (χ2n) is 3.50. The van der Waals surface area contributed by atoms with Crippen LogP contribution in [0.4, 0.5) is 5.69 Å². The van der Waals surface area contributed by atoms with Gasteiger partial charge in [0.25, 0.3) is 0 Å². The van der Waals surface area contributed by atoms with E-state index < -0.39 is 0 Å². The normalized spacial score (nSPS) is 21.4. The number of thioether (sulfide) groups is 1.